The molecule has 0 aliphatic heterocycles. The van der Waals surface area contributed by atoms with Gasteiger partial charge in [0.05, 0.1) is 4.92 Å². The number of carbonyl (C=O) groups is 1. The van der Waals surface area contributed by atoms with Crippen LogP contribution in [-0.2, 0) is 4.79 Å². The molecule has 0 aromatic heterocycles. The number of nitro benzene ring substituents is 1. The Hall–Kier alpha value is -3.01. The SMILES string of the molecule is CC(C)(C)C(=O)C(=Cc1ccc([N+](=O)[O-])cc1)/C=C/c1ccccc1. The molecule has 0 bridgehead atoms. The molecule has 0 heterocycles. The third-order valence-corrected chi connectivity index (χ3v) is 3.62. The van der Waals surface area contributed by atoms with E-state index < -0.39 is 10.3 Å². The molecule has 0 saturated heterocycles. The topological polar surface area (TPSA) is 60.2 Å². The van der Waals surface area contributed by atoms with E-state index in [4.69, 9.17) is 0 Å². The highest BCUT2D eigenvalue weighted by atomic mass is 16.6. The van der Waals surface area contributed by atoms with Crippen molar-refractivity contribution in [3.63, 3.8) is 0 Å². The van der Waals surface area contributed by atoms with E-state index in [1.807, 2.05) is 57.2 Å². The van der Waals surface area contributed by atoms with Gasteiger partial charge in [-0.05, 0) is 29.3 Å². The molecule has 0 N–H and O–H groups in total. The Kier molecular flexibility index (Phi) is 5.65. The van der Waals surface area contributed by atoms with Gasteiger partial charge in [0.2, 0.25) is 0 Å². The van der Waals surface area contributed by atoms with Crippen LogP contribution in [0.2, 0.25) is 0 Å². The molecule has 4 heteroatoms. The van der Waals surface area contributed by atoms with Crippen molar-refractivity contribution in [3.05, 3.63) is 87.5 Å². The van der Waals surface area contributed by atoms with Crippen molar-refractivity contribution in [1.82, 2.24) is 0 Å². The van der Waals surface area contributed by atoms with E-state index in [1.54, 1.807) is 24.3 Å². The fourth-order valence-corrected chi connectivity index (χ4v) is 2.24. The average molecular weight is 335 g/mol. The summed E-state index contributed by atoms with van der Waals surface area (Å²) in [6, 6.07) is 15.9. The summed E-state index contributed by atoms with van der Waals surface area (Å²) in [5, 5.41) is 10.8. The van der Waals surface area contributed by atoms with E-state index in [1.165, 1.54) is 12.1 Å². The Balaban J connectivity index is 2.38. The zero-order chi connectivity index (χ0) is 18.4. The van der Waals surface area contributed by atoms with Crippen molar-refractivity contribution in [1.29, 1.82) is 0 Å². The van der Waals surface area contributed by atoms with Crippen LogP contribution in [0.25, 0.3) is 12.2 Å². The molecule has 128 valence electrons. The second kappa shape index (κ2) is 7.71. The van der Waals surface area contributed by atoms with E-state index in [0.29, 0.717) is 5.57 Å². The normalized spacial score (nSPS) is 12.4. The lowest BCUT2D eigenvalue weighted by atomic mass is 9.85. The second-order valence-electron chi connectivity index (χ2n) is 6.77. The van der Waals surface area contributed by atoms with Crippen LogP contribution < -0.4 is 0 Å². The van der Waals surface area contributed by atoms with Crippen LogP contribution in [0.1, 0.15) is 31.9 Å². The Morgan fingerprint density at radius 3 is 2.08 bits per heavy atom. The minimum absolute atomic E-state index is 0.0121. The van der Waals surface area contributed by atoms with Crippen LogP contribution in [0.3, 0.4) is 0 Å². The molecule has 0 aliphatic rings. The number of nitro groups is 1. The fourth-order valence-electron chi connectivity index (χ4n) is 2.24. The van der Waals surface area contributed by atoms with Crippen LogP contribution in [0.15, 0.2) is 66.2 Å². The summed E-state index contributed by atoms with van der Waals surface area (Å²) >= 11 is 0. The number of hydrogen-bond acceptors (Lipinski definition) is 3. The van der Waals surface area contributed by atoms with Crippen molar-refractivity contribution in [2.75, 3.05) is 0 Å². The van der Waals surface area contributed by atoms with Gasteiger partial charge in [-0.2, -0.15) is 0 Å². The summed E-state index contributed by atoms with van der Waals surface area (Å²) in [6.45, 7) is 5.61. The van der Waals surface area contributed by atoms with Crippen molar-refractivity contribution >= 4 is 23.6 Å². The maximum atomic E-state index is 12.7. The number of allylic oxidation sites excluding steroid dienone is 2. The van der Waals surface area contributed by atoms with E-state index in [-0.39, 0.29) is 11.5 Å². The lowest BCUT2D eigenvalue weighted by molar-refractivity contribution is -0.384. The number of nitrogens with zero attached hydrogens (tertiary/aromatic N) is 1. The van der Waals surface area contributed by atoms with Gasteiger partial charge in [-0.15, -0.1) is 0 Å². The molecule has 0 aliphatic carbocycles. The van der Waals surface area contributed by atoms with E-state index >= 15 is 0 Å². The maximum absolute atomic E-state index is 12.7. The zero-order valence-electron chi connectivity index (χ0n) is 14.6. The molecule has 0 saturated carbocycles. The smallest absolute Gasteiger partial charge is 0.269 e. The van der Waals surface area contributed by atoms with Gasteiger partial charge in [0, 0.05) is 23.1 Å². The summed E-state index contributed by atoms with van der Waals surface area (Å²) in [5.41, 5.74) is 1.81. The van der Waals surface area contributed by atoms with Crippen molar-refractivity contribution < 1.29 is 9.72 Å². The lowest BCUT2D eigenvalue weighted by Gasteiger charge is -2.17. The summed E-state index contributed by atoms with van der Waals surface area (Å²) in [5.74, 6) is 0.0121. The first-order valence-corrected chi connectivity index (χ1v) is 8.01. The van der Waals surface area contributed by atoms with E-state index in [2.05, 4.69) is 0 Å². The Morgan fingerprint density at radius 1 is 0.960 bits per heavy atom. The second-order valence-corrected chi connectivity index (χ2v) is 6.77. The first-order valence-electron chi connectivity index (χ1n) is 8.01. The number of hydrogen-bond donors (Lipinski definition) is 0. The molecule has 0 spiro atoms. The van der Waals surface area contributed by atoms with Gasteiger partial charge in [-0.25, -0.2) is 0 Å². The number of non-ortho nitro benzene ring substituents is 1. The third-order valence-electron chi connectivity index (χ3n) is 3.62. The van der Waals surface area contributed by atoms with Crippen LogP contribution in [0.5, 0.6) is 0 Å². The number of rotatable bonds is 5. The number of ketones is 1. The largest absolute Gasteiger partial charge is 0.294 e. The molecular weight excluding hydrogens is 314 g/mol. The third kappa shape index (κ3) is 5.24. The first kappa shape index (κ1) is 18.3. The maximum Gasteiger partial charge on any atom is 0.269 e. The molecule has 0 amide bonds. The molecule has 0 fully saturated rings. The Morgan fingerprint density at radius 2 is 1.56 bits per heavy atom. The van der Waals surface area contributed by atoms with Crippen molar-refractivity contribution in [2.45, 2.75) is 20.8 Å². The van der Waals surface area contributed by atoms with Crippen LogP contribution in [0.4, 0.5) is 5.69 Å². The van der Waals surface area contributed by atoms with Gasteiger partial charge in [0.15, 0.2) is 5.78 Å². The highest BCUT2D eigenvalue weighted by Crippen LogP contribution is 2.24. The number of carbonyl (C=O) groups excluding carboxylic acids is 1. The molecule has 2 aromatic rings. The Bertz CT molecular complexity index is 810. The number of benzene rings is 2. The van der Waals surface area contributed by atoms with Gasteiger partial charge in [0.25, 0.3) is 5.69 Å². The van der Waals surface area contributed by atoms with Gasteiger partial charge in [-0.3, -0.25) is 14.9 Å². The van der Waals surface area contributed by atoms with E-state index in [9.17, 15) is 14.9 Å². The van der Waals surface area contributed by atoms with Crippen LogP contribution in [0, 0.1) is 15.5 Å². The minimum atomic E-state index is -0.520. The predicted molar refractivity (Wildman–Crippen MR) is 101 cm³/mol. The molecule has 0 atom stereocenters. The molecule has 0 radical (unpaired) electrons. The lowest BCUT2D eigenvalue weighted by Crippen LogP contribution is -2.21. The molecular formula is C21H21NO3. The van der Waals surface area contributed by atoms with E-state index in [0.717, 1.165) is 11.1 Å². The van der Waals surface area contributed by atoms with Crippen LogP contribution in [-0.4, -0.2) is 10.7 Å². The summed E-state index contributed by atoms with van der Waals surface area (Å²) < 4.78 is 0. The Labute approximate surface area is 147 Å². The quantitative estimate of drug-likeness (QED) is 0.322. The fraction of sp³-hybridized carbons (Fsp3) is 0.190. The highest BCUT2D eigenvalue weighted by molar-refractivity contribution is 6.06. The van der Waals surface area contributed by atoms with Gasteiger partial charge >= 0.3 is 0 Å². The molecule has 4 nitrogen and oxygen atoms in total. The van der Waals surface area contributed by atoms with Crippen molar-refractivity contribution in [2.24, 2.45) is 5.41 Å². The molecule has 25 heavy (non-hydrogen) atoms. The van der Waals surface area contributed by atoms with Gasteiger partial charge < -0.3 is 0 Å². The molecule has 0 unspecified atom stereocenters. The molecule has 2 rings (SSSR count). The standard InChI is InChI=1S/C21H21NO3/c1-21(2,3)20(23)18(12-9-16-7-5-4-6-8-16)15-17-10-13-19(14-11-17)22(24)25/h4-15H,1-3H3/b12-9+,18-15?. The average Bonchev–Trinajstić information content (AvgIpc) is 2.58. The van der Waals surface area contributed by atoms with Crippen molar-refractivity contribution in [3.8, 4) is 0 Å². The monoisotopic (exact) mass is 335 g/mol. The number of Topliss-reactive ketones (excluding diaryl/α,β-unsaturated/α-hetero) is 1. The summed E-state index contributed by atoms with van der Waals surface area (Å²) in [6.07, 6.45) is 5.45. The first-order chi connectivity index (χ1) is 11.8. The zero-order valence-corrected chi connectivity index (χ0v) is 14.6. The van der Waals surface area contributed by atoms with Gasteiger partial charge in [-0.1, -0.05) is 63.3 Å². The summed E-state index contributed by atoms with van der Waals surface area (Å²) in [7, 11) is 0. The summed E-state index contributed by atoms with van der Waals surface area (Å²) in [4.78, 5) is 23.1. The molecule has 2 aromatic carbocycles. The minimum Gasteiger partial charge on any atom is -0.294 e. The highest BCUT2D eigenvalue weighted by Gasteiger charge is 2.23. The van der Waals surface area contributed by atoms with Crippen LogP contribution >= 0.6 is 0 Å². The predicted octanol–water partition coefficient (Wildman–Crippen LogP) is 5.31. The van der Waals surface area contributed by atoms with Gasteiger partial charge in [0.1, 0.15) is 0 Å².